The van der Waals surface area contributed by atoms with Crippen LogP contribution in [0.3, 0.4) is 0 Å². The van der Waals surface area contributed by atoms with E-state index in [1.165, 1.54) is 17.2 Å². The number of hydrogen-bond acceptors (Lipinski definition) is 5. The van der Waals surface area contributed by atoms with E-state index < -0.39 is 0 Å². The summed E-state index contributed by atoms with van der Waals surface area (Å²) in [7, 11) is 0. The molecule has 0 aliphatic carbocycles. The summed E-state index contributed by atoms with van der Waals surface area (Å²) in [5.74, 6) is 0.659. The number of benzene rings is 2. The predicted octanol–water partition coefficient (Wildman–Crippen LogP) is 4.92. The fourth-order valence-corrected chi connectivity index (χ4v) is 3.69. The Bertz CT molecular complexity index is 1290. The van der Waals surface area contributed by atoms with Gasteiger partial charge in [-0.05, 0) is 23.8 Å². The Kier molecular flexibility index (Phi) is 4.76. The fraction of sp³-hybridized carbons (Fsp3) is 0.0417. The molecule has 7 heteroatoms. The van der Waals surface area contributed by atoms with E-state index >= 15 is 0 Å². The molecule has 0 radical (unpaired) electrons. The second-order valence-corrected chi connectivity index (χ2v) is 7.41. The molecule has 0 spiro atoms. The first kappa shape index (κ1) is 19.1. The van der Waals surface area contributed by atoms with Gasteiger partial charge in [-0.15, -0.1) is 0 Å². The van der Waals surface area contributed by atoms with Crippen molar-refractivity contribution in [2.24, 2.45) is 9.98 Å². The molecule has 2 aliphatic rings. The Hall–Kier alpha value is -3.90. The minimum Gasteiger partial charge on any atom is -0.506 e. The van der Waals surface area contributed by atoms with Crippen molar-refractivity contribution in [3.05, 3.63) is 101 Å². The van der Waals surface area contributed by atoms with E-state index in [9.17, 15) is 9.90 Å². The zero-order valence-electron chi connectivity index (χ0n) is 16.2. The molecule has 2 aliphatic heterocycles. The number of hydrogen-bond donors (Lipinski definition) is 1. The zero-order chi connectivity index (χ0) is 21.4. The normalized spacial score (nSPS) is 16.8. The van der Waals surface area contributed by atoms with Crippen molar-refractivity contribution >= 4 is 40.8 Å². The molecule has 1 aromatic heterocycles. The van der Waals surface area contributed by atoms with Crippen molar-refractivity contribution in [3.63, 3.8) is 0 Å². The van der Waals surface area contributed by atoms with Gasteiger partial charge in [-0.2, -0.15) is 0 Å². The van der Waals surface area contributed by atoms with Crippen LogP contribution >= 0.6 is 11.6 Å². The lowest BCUT2D eigenvalue weighted by atomic mass is 10.0. The summed E-state index contributed by atoms with van der Waals surface area (Å²) in [6.45, 7) is 0. The maximum absolute atomic E-state index is 13.1. The van der Waals surface area contributed by atoms with Crippen molar-refractivity contribution in [2.45, 2.75) is 6.42 Å². The van der Waals surface area contributed by atoms with Gasteiger partial charge >= 0.3 is 0 Å². The van der Waals surface area contributed by atoms with Gasteiger partial charge in [0.1, 0.15) is 17.2 Å². The lowest BCUT2D eigenvalue weighted by Crippen LogP contribution is -2.36. The van der Waals surface area contributed by atoms with E-state index in [0.717, 1.165) is 5.56 Å². The molecule has 0 saturated carbocycles. The van der Waals surface area contributed by atoms with E-state index in [-0.39, 0.29) is 22.4 Å². The summed E-state index contributed by atoms with van der Waals surface area (Å²) in [6.07, 6.45) is 5.21. The maximum Gasteiger partial charge on any atom is 0.282 e. The highest BCUT2D eigenvalue weighted by atomic mass is 35.5. The number of amidine groups is 1. The first-order valence-corrected chi connectivity index (χ1v) is 9.97. The first-order valence-electron chi connectivity index (χ1n) is 9.59. The number of phenolic OH excluding ortho intramolecular Hbond substituents is 1. The monoisotopic (exact) mass is 429 g/mol. The number of halogens is 1. The molecule has 2 aromatic carbocycles. The van der Waals surface area contributed by atoms with Crippen molar-refractivity contribution in [3.8, 4) is 5.75 Å². The van der Waals surface area contributed by atoms with Crippen LogP contribution in [-0.2, 0) is 11.2 Å². The SMILES string of the molecule is O=C1/C(=C/c2ccco2)N=C2C(Cc3ccccc3)=NC(c3cccc(O)c3Cl)=CN12. The molecule has 152 valence electrons. The van der Waals surface area contributed by atoms with Gasteiger partial charge in [0.25, 0.3) is 5.91 Å². The third kappa shape index (κ3) is 3.58. The zero-order valence-corrected chi connectivity index (χ0v) is 17.0. The first-order chi connectivity index (χ1) is 15.1. The molecule has 0 saturated heterocycles. The topological polar surface area (TPSA) is 78.4 Å². The van der Waals surface area contributed by atoms with Gasteiger partial charge in [0.05, 0.1) is 22.7 Å². The number of carbonyl (C=O) groups excluding carboxylic acids is 1. The van der Waals surface area contributed by atoms with Crippen LogP contribution in [0.4, 0.5) is 0 Å². The standard InChI is InChI=1S/C24H16ClN3O3/c25-22-17(9-4-10-21(22)29)20-14-28-23(18(26-20)12-15-6-2-1-3-7-15)27-19(24(28)30)13-16-8-5-11-31-16/h1-11,13-14,29H,12H2/b19-13-. The number of fused-ring (bicyclic) bond motifs is 1. The van der Waals surface area contributed by atoms with Crippen LogP contribution in [0.25, 0.3) is 11.8 Å². The van der Waals surface area contributed by atoms with E-state index in [4.69, 9.17) is 21.0 Å². The van der Waals surface area contributed by atoms with Gasteiger partial charge < -0.3 is 9.52 Å². The molecular formula is C24H16ClN3O3. The van der Waals surface area contributed by atoms with Crippen LogP contribution in [0.5, 0.6) is 5.75 Å². The minimum absolute atomic E-state index is 0.0505. The molecule has 1 amide bonds. The van der Waals surface area contributed by atoms with Crippen LogP contribution in [-0.4, -0.2) is 27.5 Å². The maximum atomic E-state index is 13.1. The molecular weight excluding hydrogens is 414 g/mol. The number of rotatable bonds is 4. The molecule has 0 bridgehead atoms. The average Bonchev–Trinajstić information content (AvgIpc) is 3.40. The molecule has 5 rings (SSSR count). The Balaban J connectivity index is 1.61. The molecule has 1 N–H and O–H groups in total. The number of aliphatic imine (C=N–C) groups is 2. The summed E-state index contributed by atoms with van der Waals surface area (Å²) in [4.78, 5) is 23.9. The second kappa shape index (κ2) is 7.74. The van der Waals surface area contributed by atoms with Crippen molar-refractivity contribution in [1.29, 1.82) is 0 Å². The van der Waals surface area contributed by atoms with Crippen LogP contribution in [0.1, 0.15) is 16.9 Å². The number of furan rings is 1. The summed E-state index contributed by atoms with van der Waals surface area (Å²) in [5.41, 5.74) is 2.91. The molecule has 0 unspecified atom stereocenters. The summed E-state index contributed by atoms with van der Waals surface area (Å²) >= 11 is 6.32. The molecule has 0 fully saturated rings. The lowest BCUT2D eigenvalue weighted by Gasteiger charge is -2.22. The minimum atomic E-state index is -0.291. The van der Waals surface area contributed by atoms with Gasteiger partial charge in [0.15, 0.2) is 5.84 Å². The van der Waals surface area contributed by atoms with Gasteiger partial charge in [-0.25, -0.2) is 9.98 Å². The number of carbonyl (C=O) groups is 1. The van der Waals surface area contributed by atoms with Gasteiger partial charge in [-0.3, -0.25) is 9.69 Å². The third-order valence-electron chi connectivity index (χ3n) is 4.95. The highest BCUT2D eigenvalue weighted by molar-refractivity contribution is 6.49. The van der Waals surface area contributed by atoms with E-state index in [2.05, 4.69) is 4.99 Å². The van der Waals surface area contributed by atoms with Gasteiger partial charge in [-0.1, -0.05) is 54.1 Å². The van der Waals surface area contributed by atoms with Gasteiger partial charge in [0, 0.05) is 24.3 Å². The van der Waals surface area contributed by atoms with Crippen LogP contribution in [0.2, 0.25) is 5.02 Å². The molecule has 31 heavy (non-hydrogen) atoms. The number of aromatic hydroxyl groups is 1. The van der Waals surface area contributed by atoms with Crippen LogP contribution < -0.4 is 0 Å². The van der Waals surface area contributed by atoms with Crippen molar-refractivity contribution in [2.75, 3.05) is 0 Å². The Morgan fingerprint density at radius 2 is 1.87 bits per heavy atom. The van der Waals surface area contributed by atoms with Crippen LogP contribution in [0, 0.1) is 0 Å². The van der Waals surface area contributed by atoms with E-state index in [0.29, 0.717) is 35.0 Å². The second-order valence-electron chi connectivity index (χ2n) is 7.03. The van der Waals surface area contributed by atoms with E-state index in [1.807, 2.05) is 30.3 Å². The predicted molar refractivity (Wildman–Crippen MR) is 120 cm³/mol. The Morgan fingerprint density at radius 1 is 1.03 bits per heavy atom. The Morgan fingerprint density at radius 3 is 2.65 bits per heavy atom. The average molecular weight is 430 g/mol. The molecule has 3 aromatic rings. The summed E-state index contributed by atoms with van der Waals surface area (Å²) in [6, 6.07) is 18.2. The summed E-state index contributed by atoms with van der Waals surface area (Å²) < 4.78 is 5.33. The van der Waals surface area contributed by atoms with Gasteiger partial charge in [0.2, 0.25) is 0 Å². The van der Waals surface area contributed by atoms with E-state index in [1.54, 1.807) is 36.5 Å². The lowest BCUT2D eigenvalue weighted by molar-refractivity contribution is -0.120. The highest BCUT2D eigenvalue weighted by Gasteiger charge is 2.35. The highest BCUT2D eigenvalue weighted by Crippen LogP contribution is 2.35. The molecule has 0 atom stereocenters. The van der Waals surface area contributed by atoms with Crippen molar-refractivity contribution in [1.82, 2.24) is 4.90 Å². The quantitative estimate of drug-likeness (QED) is 0.598. The molecule has 6 nitrogen and oxygen atoms in total. The fourth-order valence-electron chi connectivity index (χ4n) is 3.46. The smallest absolute Gasteiger partial charge is 0.282 e. The van der Waals surface area contributed by atoms with Crippen LogP contribution in [0.15, 0.2) is 93.2 Å². The molecule has 3 heterocycles. The number of phenols is 1. The number of amides is 1. The van der Waals surface area contributed by atoms with Crippen molar-refractivity contribution < 1.29 is 14.3 Å². The Labute approximate surface area is 183 Å². The number of nitrogens with zero attached hydrogens (tertiary/aromatic N) is 3. The third-order valence-corrected chi connectivity index (χ3v) is 5.35. The summed E-state index contributed by atoms with van der Waals surface area (Å²) in [5, 5.41) is 10.2. The largest absolute Gasteiger partial charge is 0.506 e.